The zero-order valence-electron chi connectivity index (χ0n) is 15.2. The van der Waals surface area contributed by atoms with E-state index in [9.17, 15) is 4.79 Å². The van der Waals surface area contributed by atoms with Crippen LogP contribution in [-0.2, 0) is 13.0 Å². The van der Waals surface area contributed by atoms with Crippen molar-refractivity contribution in [2.75, 3.05) is 0 Å². The van der Waals surface area contributed by atoms with Crippen molar-refractivity contribution in [1.29, 1.82) is 0 Å². The number of pyridine rings is 1. The third-order valence-electron chi connectivity index (χ3n) is 3.58. The molecule has 3 rings (SSSR count). The predicted molar refractivity (Wildman–Crippen MR) is 98.7 cm³/mol. The molecule has 3 aromatic rings. The number of aromatic nitrogens is 5. The average Bonchev–Trinajstić information content (AvgIpc) is 2.69. The molecule has 0 aliphatic rings. The summed E-state index contributed by atoms with van der Waals surface area (Å²) in [5.41, 5.74) is 1.79. The average molecular weight is 364 g/mol. The van der Waals surface area contributed by atoms with E-state index in [1.807, 2.05) is 18.2 Å². The highest BCUT2D eigenvalue weighted by molar-refractivity contribution is 5.70. The minimum absolute atomic E-state index is 0.0623. The number of hydrogen-bond acceptors (Lipinski definition) is 7. The largest absolute Gasteiger partial charge is 0.412 e. The Bertz CT molecular complexity index is 867. The van der Waals surface area contributed by atoms with Crippen LogP contribution in [0.2, 0.25) is 0 Å². The summed E-state index contributed by atoms with van der Waals surface area (Å²) in [6, 6.07) is 12.8. The number of carbonyl (C=O) groups is 1. The molecule has 138 valence electrons. The summed E-state index contributed by atoms with van der Waals surface area (Å²) in [6.07, 6.45) is 2.03. The number of nitrogens with zero attached hydrogens (tertiary/aromatic N) is 5. The normalized spacial score (nSPS) is 10.6. The Morgan fingerprint density at radius 1 is 1.04 bits per heavy atom. The summed E-state index contributed by atoms with van der Waals surface area (Å²) >= 11 is 0. The molecule has 0 saturated heterocycles. The van der Waals surface area contributed by atoms with Crippen LogP contribution in [-0.4, -0.2) is 31.5 Å². The molecule has 2 aromatic heterocycles. The van der Waals surface area contributed by atoms with Gasteiger partial charge in [-0.05, 0) is 42.2 Å². The first-order valence-corrected chi connectivity index (χ1v) is 8.62. The SMILES string of the molecule is CC(C)Cc1ccc(OC(=O)NCc2nnc(-c3ccccn3)nn2)cc1. The van der Waals surface area contributed by atoms with Crippen molar-refractivity contribution in [2.24, 2.45) is 5.92 Å². The van der Waals surface area contributed by atoms with Gasteiger partial charge in [0, 0.05) is 6.20 Å². The molecule has 0 spiro atoms. The number of carbonyl (C=O) groups excluding carboxylic acids is 1. The highest BCUT2D eigenvalue weighted by atomic mass is 16.6. The first-order chi connectivity index (χ1) is 13.1. The molecule has 1 amide bonds. The molecule has 8 nitrogen and oxygen atoms in total. The Labute approximate surface area is 157 Å². The van der Waals surface area contributed by atoms with E-state index in [0.717, 1.165) is 6.42 Å². The van der Waals surface area contributed by atoms with Crippen molar-refractivity contribution in [3.63, 3.8) is 0 Å². The van der Waals surface area contributed by atoms with Gasteiger partial charge in [-0.3, -0.25) is 4.98 Å². The summed E-state index contributed by atoms with van der Waals surface area (Å²) in [6.45, 7) is 4.38. The monoisotopic (exact) mass is 364 g/mol. The number of rotatable bonds is 6. The van der Waals surface area contributed by atoms with Crippen LogP contribution < -0.4 is 10.1 Å². The lowest BCUT2D eigenvalue weighted by molar-refractivity contribution is 0.199. The summed E-state index contributed by atoms with van der Waals surface area (Å²) < 4.78 is 5.23. The molecule has 0 fully saturated rings. The van der Waals surface area contributed by atoms with Crippen LogP contribution in [0.15, 0.2) is 48.7 Å². The molecule has 0 saturated carbocycles. The summed E-state index contributed by atoms with van der Waals surface area (Å²) in [5.74, 6) is 1.65. The topological polar surface area (TPSA) is 103 Å². The van der Waals surface area contributed by atoms with E-state index in [1.54, 1.807) is 30.5 Å². The maximum Gasteiger partial charge on any atom is 0.412 e. The van der Waals surface area contributed by atoms with Gasteiger partial charge in [0.25, 0.3) is 0 Å². The van der Waals surface area contributed by atoms with Crippen molar-refractivity contribution in [3.05, 3.63) is 60.0 Å². The van der Waals surface area contributed by atoms with Gasteiger partial charge >= 0.3 is 6.09 Å². The number of hydrogen-bond donors (Lipinski definition) is 1. The van der Waals surface area contributed by atoms with Crippen molar-refractivity contribution < 1.29 is 9.53 Å². The van der Waals surface area contributed by atoms with Gasteiger partial charge in [0.2, 0.25) is 5.82 Å². The van der Waals surface area contributed by atoms with Gasteiger partial charge in [-0.1, -0.05) is 32.0 Å². The van der Waals surface area contributed by atoms with E-state index < -0.39 is 6.09 Å². The molecule has 8 heteroatoms. The van der Waals surface area contributed by atoms with Crippen molar-refractivity contribution in [1.82, 2.24) is 30.7 Å². The van der Waals surface area contributed by atoms with Crippen LogP contribution in [0.3, 0.4) is 0 Å². The Morgan fingerprint density at radius 2 is 1.78 bits per heavy atom. The number of benzene rings is 1. The van der Waals surface area contributed by atoms with Gasteiger partial charge in [-0.25, -0.2) is 4.79 Å². The third-order valence-corrected chi connectivity index (χ3v) is 3.58. The van der Waals surface area contributed by atoms with Crippen LogP contribution >= 0.6 is 0 Å². The zero-order chi connectivity index (χ0) is 19.1. The Hall–Kier alpha value is -3.42. The van der Waals surface area contributed by atoms with E-state index >= 15 is 0 Å². The Morgan fingerprint density at radius 3 is 2.41 bits per heavy atom. The standard InChI is InChI=1S/C19H20N6O2/c1-13(2)11-14-6-8-15(9-7-14)27-19(26)21-12-17-22-24-18(25-23-17)16-5-3-4-10-20-16/h3-10,13H,11-12H2,1-2H3,(H,21,26). The maximum absolute atomic E-state index is 11.9. The lowest BCUT2D eigenvalue weighted by Crippen LogP contribution is -2.27. The molecular formula is C19H20N6O2. The molecule has 2 heterocycles. The number of nitrogens with one attached hydrogen (secondary N) is 1. The Balaban J connectivity index is 1.50. The van der Waals surface area contributed by atoms with Crippen LogP contribution in [0.4, 0.5) is 4.79 Å². The molecule has 0 unspecified atom stereocenters. The van der Waals surface area contributed by atoms with Gasteiger partial charge in [-0.2, -0.15) is 0 Å². The molecule has 1 N–H and O–H groups in total. The summed E-state index contributed by atoms with van der Waals surface area (Å²) in [5, 5.41) is 18.4. The molecule has 0 bridgehead atoms. The van der Waals surface area contributed by atoms with Gasteiger partial charge in [0.15, 0.2) is 5.82 Å². The lowest BCUT2D eigenvalue weighted by Gasteiger charge is -2.08. The van der Waals surface area contributed by atoms with Crippen LogP contribution in [0.5, 0.6) is 5.75 Å². The second kappa shape index (κ2) is 8.79. The predicted octanol–water partition coefficient (Wildman–Crippen LogP) is 2.82. The lowest BCUT2D eigenvalue weighted by atomic mass is 10.0. The third kappa shape index (κ3) is 5.53. The molecular weight excluding hydrogens is 344 g/mol. The van der Waals surface area contributed by atoms with Crippen LogP contribution in [0, 0.1) is 5.92 Å². The zero-order valence-corrected chi connectivity index (χ0v) is 15.2. The van der Waals surface area contributed by atoms with Crippen molar-refractivity contribution in [2.45, 2.75) is 26.8 Å². The first-order valence-electron chi connectivity index (χ1n) is 8.62. The summed E-state index contributed by atoms with van der Waals surface area (Å²) in [4.78, 5) is 16.0. The fourth-order valence-corrected chi connectivity index (χ4v) is 2.38. The van der Waals surface area contributed by atoms with E-state index in [0.29, 0.717) is 23.2 Å². The first kappa shape index (κ1) is 18.4. The second-order valence-electron chi connectivity index (χ2n) is 6.34. The second-order valence-corrected chi connectivity index (χ2v) is 6.34. The fraction of sp³-hybridized carbons (Fsp3) is 0.263. The minimum atomic E-state index is -0.594. The Kier molecular flexibility index (Phi) is 5.98. The highest BCUT2D eigenvalue weighted by Crippen LogP contribution is 2.15. The molecule has 0 radical (unpaired) electrons. The van der Waals surface area contributed by atoms with Gasteiger partial charge in [0.1, 0.15) is 11.4 Å². The van der Waals surface area contributed by atoms with Crippen molar-refractivity contribution in [3.8, 4) is 17.3 Å². The van der Waals surface area contributed by atoms with Crippen LogP contribution in [0.25, 0.3) is 11.5 Å². The highest BCUT2D eigenvalue weighted by Gasteiger charge is 2.08. The van der Waals surface area contributed by atoms with Gasteiger partial charge in [-0.15, -0.1) is 20.4 Å². The van der Waals surface area contributed by atoms with E-state index in [4.69, 9.17) is 4.74 Å². The van der Waals surface area contributed by atoms with Gasteiger partial charge < -0.3 is 10.1 Å². The molecule has 0 aliphatic carbocycles. The number of ether oxygens (including phenoxy) is 1. The molecule has 1 aromatic carbocycles. The molecule has 0 aliphatic heterocycles. The van der Waals surface area contributed by atoms with Gasteiger partial charge in [0.05, 0.1) is 6.54 Å². The van der Waals surface area contributed by atoms with Crippen molar-refractivity contribution >= 4 is 6.09 Å². The van der Waals surface area contributed by atoms with E-state index in [-0.39, 0.29) is 12.4 Å². The van der Waals surface area contributed by atoms with E-state index in [2.05, 4.69) is 44.5 Å². The minimum Gasteiger partial charge on any atom is -0.410 e. The molecule has 0 atom stereocenters. The smallest absolute Gasteiger partial charge is 0.410 e. The number of amides is 1. The quantitative estimate of drug-likeness (QED) is 0.717. The fourth-order valence-electron chi connectivity index (χ4n) is 2.38. The maximum atomic E-state index is 11.9. The van der Waals surface area contributed by atoms with E-state index in [1.165, 1.54) is 5.56 Å². The summed E-state index contributed by atoms with van der Waals surface area (Å²) in [7, 11) is 0. The van der Waals surface area contributed by atoms with Crippen LogP contribution in [0.1, 0.15) is 25.2 Å². The molecule has 27 heavy (non-hydrogen) atoms.